The van der Waals surface area contributed by atoms with Gasteiger partial charge in [-0.3, -0.25) is 0 Å². The van der Waals surface area contributed by atoms with Crippen molar-refractivity contribution in [2.24, 2.45) is 5.73 Å². The zero-order valence-electron chi connectivity index (χ0n) is 7.37. The highest BCUT2D eigenvalue weighted by molar-refractivity contribution is 6.33. The number of aromatic nitrogens is 2. The lowest BCUT2D eigenvalue weighted by atomic mass is 10.2. The zero-order valence-corrected chi connectivity index (χ0v) is 8.89. The highest BCUT2D eigenvalue weighted by atomic mass is 35.5. The number of nitrogens with zero attached hydrogens (tertiary/aromatic N) is 2. The molecular weight excluding hydrogens is 221 g/mol. The van der Waals surface area contributed by atoms with Crippen molar-refractivity contribution in [3.8, 4) is 0 Å². The predicted molar refractivity (Wildman–Crippen MR) is 59.3 cm³/mol. The van der Waals surface area contributed by atoms with Crippen molar-refractivity contribution in [2.75, 3.05) is 6.54 Å². The molecule has 0 saturated heterocycles. The molecule has 1 aromatic heterocycles. The molecule has 1 rings (SSSR count). The molecule has 0 atom stereocenters. The lowest BCUT2D eigenvalue weighted by molar-refractivity contribution is 1.09. The van der Waals surface area contributed by atoms with E-state index in [1.165, 1.54) is 6.07 Å². The minimum atomic E-state index is 0.295. The lowest BCUT2D eigenvalue weighted by Gasteiger charge is -2.02. The zero-order chi connectivity index (χ0) is 10.6. The molecule has 3 nitrogen and oxygen atoms in total. The van der Waals surface area contributed by atoms with Gasteiger partial charge < -0.3 is 5.73 Å². The SMILES string of the molecule is C=C/C=C(\CN)c1nc(Cl)cc(Cl)n1. The van der Waals surface area contributed by atoms with Gasteiger partial charge in [0.05, 0.1) is 0 Å². The average Bonchev–Trinajstić information content (AvgIpc) is 2.12. The third-order valence-electron chi connectivity index (χ3n) is 1.49. The molecule has 0 aliphatic heterocycles. The summed E-state index contributed by atoms with van der Waals surface area (Å²) in [7, 11) is 0. The molecule has 0 radical (unpaired) electrons. The summed E-state index contributed by atoms with van der Waals surface area (Å²) >= 11 is 11.4. The molecule has 1 heterocycles. The summed E-state index contributed by atoms with van der Waals surface area (Å²) in [5, 5.41) is 0.590. The van der Waals surface area contributed by atoms with Crippen LogP contribution in [0.4, 0.5) is 0 Å². The van der Waals surface area contributed by atoms with E-state index in [2.05, 4.69) is 16.5 Å². The van der Waals surface area contributed by atoms with Gasteiger partial charge in [0.25, 0.3) is 0 Å². The van der Waals surface area contributed by atoms with Gasteiger partial charge in [0.1, 0.15) is 10.3 Å². The van der Waals surface area contributed by atoms with Crippen molar-refractivity contribution in [2.45, 2.75) is 0 Å². The first-order chi connectivity index (χ1) is 6.67. The Morgan fingerprint density at radius 2 is 2.00 bits per heavy atom. The van der Waals surface area contributed by atoms with Crippen LogP contribution in [0.3, 0.4) is 0 Å². The van der Waals surface area contributed by atoms with E-state index in [9.17, 15) is 0 Å². The van der Waals surface area contributed by atoms with Gasteiger partial charge in [-0.25, -0.2) is 9.97 Å². The van der Waals surface area contributed by atoms with Crippen molar-refractivity contribution in [3.05, 3.63) is 40.9 Å². The number of nitrogens with two attached hydrogens (primary N) is 1. The fourth-order valence-corrected chi connectivity index (χ4v) is 1.33. The van der Waals surface area contributed by atoms with Crippen LogP contribution in [0.5, 0.6) is 0 Å². The maximum absolute atomic E-state index is 5.72. The maximum atomic E-state index is 5.72. The Balaban J connectivity index is 3.16. The van der Waals surface area contributed by atoms with Crippen LogP contribution in [0, 0.1) is 0 Å². The van der Waals surface area contributed by atoms with Gasteiger partial charge in [-0.05, 0) is 0 Å². The van der Waals surface area contributed by atoms with Gasteiger partial charge in [0.2, 0.25) is 0 Å². The van der Waals surface area contributed by atoms with E-state index in [0.717, 1.165) is 5.57 Å². The van der Waals surface area contributed by atoms with E-state index in [1.54, 1.807) is 12.2 Å². The minimum absolute atomic E-state index is 0.295. The topological polar surface area (TPSA) is 51.8 Å². The first-order valence-corrected chi connectivity index (χ1v) is 4.65. The van der Waals surface area contributed by atoms with Crippen molar-refractivity contribution in [1.82, 2.24) is 9.97 Å². The molecule has 0 amide bonds. The van der Waals surface area contributed by atoms with E-state index in [0.29, 0.717) is 22.7 Å². The van der Waals surface area contributed by atoms with Crippen molar-refractivity contribution >= 4 is 28.8 Å². The van der Waals surface area contributed by atoms with Crippen molar-refractivity contribution < 1.29 is 0 Å². The van der Waals surface area contributed by atoms with Crippen molar-refractivity contribution in [3.63, 3.8) is 0 Å². The highest BCUT2D eigenvalue weighted by Crippen LogP contribution is 2.16. The smallest absolute Gasteiger partial charge is 0.159 e. The molecule has 0 fully saturated rings. The number of hydrogen-bond acceptors (Lipinski definition) is 3. The number of allylic oxidation sites excluding steroid dienone is 2. The largest absolute Gasteiger partial charge is 0.326 e. The number of hydrogen-bond donors (Lipinski definition) is 1. The van der Waals surface area contributed by atoms with Crippen LogP contribution >= 0.6 is 23.2 Å². The third kappa shape index (κ3) is 2.80. The highest BCUT2D eigenvalue weighted by Gasteiger charge is 2.05. The van der Waals surface area contributed by atoms with E-state index in [-0.39, 0.29) is 0 Å². The molecule has 0 spiro atoms. The van der Waals surface area contributed by atoms with Gasteiger partial charge in [-0.15, -0.1) is 0 Å². The lowest BCUT2D eigenvalue weighted by Crippen LogP contribution is -2.05. The first kappa shape index (κ1) is 11.2. The molecule has 0 unspecified atom stereocenters. The second kappa shape index (κ2) is 5.10. The van der Waals surface area contributed by atoms with Crippen LogP contribution in [0.15, 0.2) is 24.8 Å². The molecule has 0 aromatic carbocycles. The molecular formula is C9H9Cl2N3. The second-order valence-corrected chi connectivity index (χ2v) is 3.24. The maximum Gasteiger partial charge on any atom is 0.159 e. The Labute approximate surface area is 92.3 Å². The summed E-state index contributed by atoms with van der Waals surface area (Å²) in [6.07, 6.45) is 3.34. The van der Waals surface area contributed by atoms with Crippen LogP contribution in [0.2, 0.25) is 10.3 Å². The normalized spacial score (nSPS) is 11.5. The molecule has 14 heavy (non-hydrogen) atoms. The molecule has 0 saturated carbocycles. The Hall–Kier alpha value is -0.900. The number of rotatable bonds is 3. The Morgan fingerprint density at radius 3 is 2.43 bits per heavy atom. The van der Waals surface area contributed by atoms with E-state index < -0.39 is 0 Å². The van der Waals surface area contributed by atoms with Crippen LogP contribution in [0.25, 0.3) is 5.57 Å². The fourth-order valence-electron chi connectivity index (χ4n) is 0.910. The van der Waals surface area contributed by atoms with Crippen molar-refractivity contribution in [1.29, 1.82) is 0 Å². The fraction of sp³-hybridized carbons (Fsp3) is 0.111. The molecule has 74 valence electrons. The second-order valence-electron chi connectivity index (χ2n) is 2.47. The summed E-state index contributed by atoms with van der Waals surface area (Å²) in [6, 6.07) is 1.47. The van der Waals surface area contributed by atoms with Gasteiger partial charge in [0, 0.05) is 18.2 Å². The standard InChI is InChI=1S/C9H9Cl2N3/c1-2-3-6(5-12)9-13-7(10)4-8(11)14-9/h2-4H,1,5,12H2/b6-3+. The van der Waals surface area contributed by atoms with Crippen LogP contribution in [-0.4, -0.2) is 16.5 Å². The van der Waals surface area contributed by atoms with E-state index in [1.807, 2.05) is 0 Å². The Morgan fingerprint density at radius 1 is 1.43 bits per heavy atom. The predicted octanol–water partition coefficient (Wildman–Crippen LogP) is 2.31. The van der Waals surface area contributed by atoms with E-state index >= 15 is 0 Å². The van der Waals surface area contributed by atoms with Crippen LogP contribution in [-0.2, 0) is 0 Å². The molecule has 1 aromatic rings. The third-order valence-corrected chi connectivity index (χ3v) is 1.88. The summed E-state index contributed by atoms with van der Waals surface area (Å²) in [5.41, 5.74) is 6.25. The van der Waals surface area contributed by atoms with Crippen LogP contribution in [0.1, 0.15) is 5.82 Å². The summed E-state index contributed by atoms with van der Waals surface area (Å²) in [4.78, 5) is 8.00. The molecule has 0 bridgehead atoms. The minimum Gasteiger partial charge on any atom is -0.326 e. The summed E-state index contributed by atoms with van der Waals surface area (Å²) in [5.74, 6) is 0.435. The summed E-state index contributed by atoms with van der Waals surface area (Å²) < 4.78 is 0. The van der Waals surface area contributed by atoms with Gasteiger partial charge in [0.15, 0.2) is 5.82 Å². The quantitative estimate of drug-likeness (QED) is 0.640. The average molecular weight is 230 g/mol. The summed E-state index contributed by atoms with van der Waals surface area (Å²) in [6.45, 7) is 3.87. The number of halogens is 2. The monoisotopic (exact) mass is 229 g/mol. The molecule has 0 aliphatic rings. The van der Waals surface area contributed by atoms with Gasteiger partial charge >= 0.3 is 0 Å². The van der Waals surface area contributed by atoms with Gasteiger partial charge in [-0.1, -0.05) is 41.9 Å². The molecule has 0 aliphatic carbocycles. The van der Waals surface area contributed by atoms with E-state index in [4.69, 9.17) is 28.9 Å². The Kier molecular flexibility index (Phi) is 4.07. The Bertz CT molecular complexity index is 354. The van der Waals surface area contributed by atoms with Crippen LogP contribution < -0.4 is 5.73 Å². The van der Waals surface area contributed by atoms with Gasteiger partial charge in [-0.2, -0.15) is 0 Å². The first-order valence-electron chi connectivity index (χ1n) is 3.89. The molecule has 5 heteroatoms. The molecule has 2 N–H and O–H groups in total.